The first kappa shape index (κ1) is 25.2. The van der Waals surface area contributed by atoms with E-state index in [0.717, 1.165) is 12.6 Å². The molecule has 0 bridgehead atoms. The van der Waals surface area contributed by atoms with Crippen molar-refractivity contribution in [3.63, 3.8) is 0 Å². The molecule has 8 nitrogen and oxygen atoms in total. The van der Waals surface area contributed by atoms with Crippen LogP contribution >= 0.6 is 11.6 Å². The summed E-state index contributed by atoms with van der Waals surface area (Å²) in [6, 6.07) is 6.41. The van der Waals surface area contributed by atoms with Crippen molar-refractivity contribution in [2.24, 2.45) is 0 Å². The van der Waals surface area contributed by atoms with Crippen molar-refractivity contribution >= 4 is 34.3 Å². The number of nitrogens with zero attached hydrogens (tertiary/aromatic N) is 1. The van der Waals surface area contributed by atoms with Gasteiger partial charge in [-0.1, -0.05) is 11.6 Å². The van der Waals surface area contributed by atoms with E-state index in [0.29, 0.717) is 6.42 Å². The van der Waals surface area contributed by atoms with E-state index in [1.807, 2.05) is 19.0 Å². The fraction of sp³-hybridized carbons (Fsp3) is 0.292. The smallest absolute Gasteiger partial charge is 0.287 e. The molecule has 0 aliphatic heterocycles. The zero-order chi connectivity index (χ0) is 25.0. The molecule has 0 aliphatic rings. The van der Waals surface area contributed by atoms with Crippen molar-refractivity contribution in [2.45, 2.75) is 6.42 Å². The van der Waals surface area contributed by atoms with Crippen LogP contribution in [-0.4, -0.2) is 58.0 Å². The number of methoxy groups -OCH3 is 2. The van der Waals surface area contributed by atoms with Gasteiger partial charge >= 0.3 is 0 Å². The van der Waals surface area contributed by atoms with Gasteiger partial charge in [0.05, 0.1) is 19.6 Å². The largest absolute Gasteiger partial charge is 0.493 e. The lowest BCUT2D eigenvalue weighted by atomic mass is 9.99. The summed E-state index contributed by atoms with van der Waals surface area (Å²) in [7, 11) is 6.33. The van der Waals surface area contributed by atoms with Crippen LogP contribution in [0.5, 0.6) is 11.5 Å². The van der Waals surface area contributed by atoms with Crippen LogP contribution in [0, 0.1) is 5.82 Å². The highest BCUT2D eigenvalue weighted by Crippen LogP contribution is 2.32. The number of ketones is 1. The molecule has 180 valence electrons. The van der Waals surface area contributed by atoms with Crippen molar-refractivity contribution in [1.82, 2.24) is 10.2 Å². The average Bonchev–Trinajstić information content (AvgIpc) is 2.80. The standard InChI is InChI=1S/C24H24ClFN2O6/c1-28(2)9-5-8-27-24(31)23-19(21(30)15-12-14(25)6-7-17(15)34-23)20(29)13-10-16(26)22(33-4)18(11-13)32-3/h6-7,10-12H,5,8-9H2,1-4H3,(H,27,31). The minimum atomic E-state index is -0.908. The summed E-state index contributed by atoms with van der Waals surface area (Å²) in [5.74, 6) is -3.23. The predicted octanol–water partition coefficient (Wildman–Crippen LogP) is 3.52. The highest BCUT2D eigenvalue weighted by Gasteiger charge is 2.28. The summed E-state index contributed by atoms with van der Waals surface area (Å²) < 4.78 is 30.3. The van der Waals surface area contributed by atoms with Crippen LogP contribution in [0.4, 0.5) is 4.39 Å². The lowest BCUT2D eigenvalue weighted by Gasteiger charge is -2.13. The van der Waals surface area contributed by atoms with E-state index in [4.69, 9.17) is 25.5 Å². The Kier molecular flexibility index (Phi) is 7.90. The predicted molar refractivity (Wildman–Crippen MR) is 126 cm³/mol. The molecule has 2 aromatic carbocycles. The van der Waals surface area contributed by atoms with Crippen LogP contribution < -0.4 is 20.2 Å². The van der Waals surface area contributed by atoms with Gasteiger partial charge in [0.15, 0.2) is 17.3 Å². The molecule has 1 aromatic heterocycles. The number of fused-ring (bicyclic) bond motifs is 1. The first-order valence-corrected chi connectivity index (χ1v) is 10.7. The van der Waals surface area contributed by atoms with Gasteiger partial charge in [0, 0.05) is 17.1 Å². The Morgan fingerprint density at radius 3 is 2.53 bits per heavy atom. The Hall–Kier alpha value is -3.43. The van der Waals surface area contributed by atoms with E-state index >= 15 is 0 Å². The molecule has 0 atom stereocenters. The van der Waals surface area contributed by atoms with Crippen molar-refractivity contribution in [1.29, 1.82) is 0 Å². The number of ether oxygens (including phenoxy) is 2. The van der Waals surface area contributed by atoms with Gasteiger partial charge in [-0.25, -0.2) is 4.39 Å². The monoisotopic (exact) mass is 490 g/mol. The summed E-state index contributed by atoms with van der Waals surface area (Å²) in [4.78, 5) is 41.6. The molecule has 0 aliphatic carbocycles. The lowest BCUT2D eigenvalue weighted by molar-refractivity contribution is 0.0912. The number of carbonyl (C=O) groups excluding carboxylic acids is 2. The summed E-state index contributed by atoms with van der Waals surface area (Å²) in [5, 5.41) is 2.92. The number of amides is 1. The Bertz CT molecular complexity index is 1300. The van der Waals surface area contributed by atoms with E-state index in [1.54, 1.807) is 0 Å². The van der Waals surface area contributed by atoms with Crippen LogP contribution in [0.15, 0.2) is 39.5 Å². The minimum Gasteiger partial charge on any atom is -0.493 e. The van der Waals surface area contributed by atoms with Gasteiger partial charge in [-0.2, -0.15) is 0 Å². The number of nitrogens with one attached hydrogen (secondary N) is 1. The maximum absolute atomic E-state index is 14.6. The van der Waals surface area contributed by atoms with E-state index in [1.165, 1.54) is 38.5 Å². The van der Waals surface area contributed by atoms with E-state index in [-0.39, 0.29) is 39.6 Å². The molecule has 10 heteroatoms. The third-order valence-electron chi connectivity index (χ3n) is 5.05. The lowest BCUT2D eigenvalue weighted by Crippen LogP contribution is -2.31. The second kappa shape index (κ2) is 10.7. The quantitative estimate of drug-likeness (QED) is 0.362. The fourth-order valence-corrected chi connectivity index (χ4v) is 3.58. The molecule has 0 radical (unpaired) electrons. The van der Waals surface area contributed by atoms with E-state index in [2.05, 4.69) is 5.32 Å². The highest BCUT2D eigenvalue weighted by molar-refractivity contribution is 6.31. The normalized spacial score (nSPS) is 11.0. The number of benzene rings is 2. The molecular formula is C24H24ClFN2O6. The second-order valence-corrected chi connectivity index (χ2v) is 8.15. The molecule has 0 saturated carbocycles. The molecule has 0 fully saturated rings. The highest BCUT2D eigenvalue weighted by atomic mass is 35.5. The molecule has 34 heavy (non-hydrogen) atoms. The molecule has 1 N–H and O–H groups in total. The van der Waals surface area contributed by atoms with Crippen molar-refractivity contribution in [2.75, 3.05) is 41.4 Å². The molecule has 3 aromatic rings. The van der Waals surface area contributed by atoms with Gasteiger partial charge in [-0.3, -0.25) is 14.4 Å². The molecule has 0 saturated heterocycles. The molecule has 1 heterocycles. The molecule has 1 amide bonds. The maximum Gasteiger partial charge on any atom is 0.287 e. The Morgan fingerprint density at radius 1 is 1.15 bits per heavy atom. The third-order valence-corrected chi connectivity index (χ3v) is 5.28. The maximum atomic E-state index is 14.6. The molecular weight excluding hydrogens is 467 g/mol. The van der Waals surface area contributed by atoms with Crippen LogP contribution in [0.3, 0.4) is 0 Å². The molecule has 0 spiro atoms. The first-order valence-electron chi connectivity index (χ1n) is 10.3. The Labute approximate surface area is 200 Å². The number of carbonyl (C=O) groups is 2. The van der Waals surface area contributed by atoms with Crippen molar-refractivity contribution in [3.05, 3.63) is 68.3 Å². The summed E-state index contributed by atoms with van der Waals surface area (Å²) in [5.41, 5.74) is -1.43. The van der Waals surface area contributed by atoms with Gasteiger partial charge in [-0.15, -0.1) is 0 Å². The molecule has 3 rings (SSSR count). The number of hydrogen-bond acceptors (Lipinski definition) is 7. The van der Waals surface area contributed by atoms with Gasteiger partial charge in [0.2, 0.25) is 17.0 Å². The van der Waals surface area contributed by atoms with E-state index in [9.17, 15) is 18.8 Å². The van der Waals surface area contributed by atoms with Gasteiger partial charge in [0.25, 0.3) is 5.91 Å². The van der Waals surface area contributed by atoms with Crippen molar-refractivity contribution < 1.29 is 27.9 Å². The number of halogens is 2. The third kappa shape index (κ3) is 5.21. The molecule has 0 unspecified atom stereocenters. The Balaban J connectivity index is 2.14. The summed E-state index contributed by atoms with van der Waals surface area (Å²) >= 11 is 6.02. The average molecular weight is 491 g/mol. The fourth-order valence-electron chi connectivity index (χ4n) is 3.40. The van der Waals surface area contributed by atoms with E-state index < -0.39 is 34.3 Å². The van der Waals surface area contributed by atoms with Crippen LogP contribution in [0.2, 0.25) is 5.02 Å². The van der Waals surface area contributed by atoms with Crippen LogP contribution in [-0.2, 0) is 0 Å². The first-order chi connectivity index (χ1) is 16.2. The number of hydrogen-bond donors (Lipinski definition) is 1. The Morgan fingerprint density at radius 2 is 1.88 bits per heavy atom. The summed E-state index contributed by atoms with van der Waals surface area (Å²) in [6.07, 6.45) is 0.635. The second-order valence-electron chi connectivity index (χ2n) is 7.71. The van der Waals surface area contributed by atoms with Crippen LogP contribution in [0.1, 0.15) is 32.9 Å². The number of rotatable bonds is 9. The van der Waals surface area contributed by atoms with Crippen LogP contribution in [0.25, 0.3) is 11.0 Å². The minimum absolute atomic E-state index is 0.0148. The summed E-state index contributed by atoms with van der Waals surface area (Å²) in [6.45, 7) is 1.01. The van der Waals surface area contributed by atoms with Gasteiger partial charge in [-0.05, 0) is 57.4 Å². The zero-order valence-electron chi connectivity index (χ0n) is 19.2. The topological polar surface area (TPSA) is 98.1 Å². The van der Waals surface area contributed by atoms with Gasteiger partial charge < -0.3 is 24.1 Å². The van der Waals surface area contributed by atoms with Crippen molar-refractivity contribution in [3.8, 4) is 11.5 Å². The van der Waals surface area contributed by atoms with Gasteiger partial charge in [0.1, 0.15) is 11.1 Å². The zero-order valence-corrected chi connectivity index (χ0v) is 19.9. The SMILES string of the molecule is COc1cc(C(=O)c2c(C(=O)NCCCN(C)C)oc3ccc(Cl)cc3c2=O)cc(F)c1OC.